The van der Waals surface area contributed by atoms with E-state index in [4.69, 9.17) is 30.3 Å². The monoisotopic (exact) mass is 2110 g/mol. The van der Waals surface area contributed by atoms with Crippen molar-refractivity contribution in [2.45, 2.75) is 244 Å². The zero-order valence-corrected chi connectivity index (χ0v) is 45.8. The van der Waals surface area contributed by atoms with Gasteiger partial charge in [0.1, 0.15) is 13.6 Å². The molecular weight excluding hydrogens is 1960 g/mol. The molecule has 0 aromatic heterocycles. The summed E-state index contributed by atoms with van der Waals surface area (Å²) in [5.41, 5.74) is 0. The molecule has 0 aromatic carbocycles. The second kappa shape index (κ2) is 1010. The quantitative estimate of drug-likeness (QED) is 0.0817. The Morgan fingerprint density at radius 1 is 0.328 bits per heavy atom. The molecule has 0 aromatic rings. The van der Waals surface area contributed by atoms with E-state index in [1.165, 1.54) is 0 Å². The van der Waals surface area contributed by atoms with Crippen molar-refractivity contribution in [3.63, 3.8) is 0 Å². The van der Waals surface area contributed by atoms with Crippen molar-refractivity contribution in [2.75, 3.05) is 26.4 Å². The number of aliphatic hydroxyl groups excluding tert-OH is 2. The molecule has 0 saturated carbocycles. The number of hydrogen-bond acceptors (Lipinski definition) is 8. The Hall–Kier alpha value is 3.80. The van der Waals surface area contributed by atoms with Gasteiger partial charge in [0.15, 0.2) is 0 Å². The fourth-order valence-corrected chi connectivity index (χ4v) is 0.499. The molecule has 4 N–H and O–H groups in total. The van der Waals surface area contributed by atoms with Gasteiger partial charge in [-0.15, -0.1) is 26.3 Å². The molecule has 0 saturated heterocycles. The molecule has 0 aliphatic rings. The third kappa shape index (κ3) is 1750. The van der Waals surface area contributed by atoms with Crippen molar-refractivity contribution in [3.05, 3.63) is 48.6 Å². The second-order valence-corrected chi connectivity index (χ2v) is 3.82. The Labute approximate surface area is 523 Å². The molecule has 0 rings (SSSR count). The maximum absolute atomic E-state index is 8.07. The second-order valence-electron chi connectivity index (χ2n) is 3.82. The smallest absolute Gasteiger partial charge is 0.106 e. The zero-order valence-electron chi connectivity index (χ0n) is 24.5. The molecule has 0 bridgehead atoms. The molecular formula is C47H153O8U3W3-3. The number of rotatable bonds is 8. The van der Waals surface area contributed by atoms with Crippen LogP contribution in [0.4, 0.5) is 0 Å². The van der Waals surface area contributed by atoms with Crippen LogP contribution in [0.25, 0.3) is 0 Å². The Bertz CT molecular complexity index is 155. The fraction of sp³-hybridized carbons (Fsp3) is 0.809. The number of carbonyl (C=O) groups excluding carboxylic acids is 2. The largest absolute Gasteiger partial charge is 0.396 e. The van der Waals surface area contributed by atoms with E-state index < -0.39 is 0 Å². The Kier molecular flexibility index (Phi) is 7690. The minimum absolute atomic E-state index is 0. The first-order valence-electron chi connectivity index (χ1n) is 8.98. The summed E-state index contributed by atoms with van der Waals surface area (Å²) in [4.78, 5) is 23.4. The summed E-state index contributed by atoms with van der Waals surface area (Å²) in [5, 5.41) is 31.3. The number of aliphatic hydroxyl groups is 2. The van der Waals surface area contributed by atoms with Crippen molar-refractivity contribution < 1.29 is 197 Å². The van der Waals surface area contributed by atoms with Gasteiger partial charge in [-0.25, -0.2) is 9.78 Å². The maximum atomic E-state index is 8.07. The van der Waals surface area contributed by atoms with E-state index in [2.05, 4.69) is 49.9 Å². The Morgan fingerprint density at radius 2 is 0.426 bits per heavy atom. The van der Waals surface area contributed by atoms with Gasteiger partial charge in [0, 0.05) is 170 Å². The van der Waals surface area contributed by atoms with E-state index in [0.717, 1.165) is 38.5 Å². The van der Waals surface area contributed by atoms with Crippen LogP contribution < -0.4 is 0 Å². The van der Waals surface area contributed by atoms with Crippen LogP contribution in [0.1, 0.15) is 244 Å². The van der Waals surface area contributed by atoms with E-state index in [1.807, 2.05) is 27.4 Å². The maximum Gasteiger partial charge on any atom is 0.106 e. The van der Waals surface area contributed by atoms with E-state index in [0.29, 0.717) is 26.4 Å². The van der Waals surface area contributed by atoms with Gasteiger partial charge in [-0.3, -0.25) is 10.5 Å². The predicted molar refractivity (Wildman–Crippen MR) is 299 cm³/mol. The van der Waals surface area contributed by atoms with E-state index in [9.17, 15) is 0 Å². The molecule has 0 heterocycles. The SMILES string of the molecule is C.C.C.C.C.C.C.C.C.C.C.C.C.C.C.C.C.C.C.C.C.C.C.C.C=C.C=C.C=O.C=O.CCCCO.CCCCO.CCCOO.CCCOO.[CH3-].[CH3-].[CH3-].[U].[U].[U].[W].[W].[W]. The zero-order chi connectivity index (χ0) is 24.5. The fourth-order valence-electron chi connectivity index (χ4n) is 0.499. The number of unbranched alkanes of at least 4 members (excludes halogenated alkanes) is 2. The third-order valence-electron chi connectivity index (χ3n) is 1.61. The minimum atomic E-state index is 0. The average Bonchev–Trinajstić information content (AvgIpc) is 2.77. The number of hydrogen-bond donors (Lipinski definition) is 4. The van der Waals surface area contributed by atoms with Crippen LogP contribution in [-0.4, -0.2) is 60.7 Å². The first-order valence-corrected chi connectivity index (χ1v) is 8.98. The van der Waals surface area contributed by atoms with Gasteiger partial charge in [0.25, 0.3) is 0 Å². The van der Waals surface area contributed by atoms with Gasteiger partial charge in [-0.1, -0.05) is 219 Å². The Morgan fingerprint density at radius 3 is 0.426 bits per heavy atom. The van der Waals surface area contributed by atoms with Crippen LogP contribution in [0.2, 0.25) is 0 Å². The molecule has 14 heteroatoms. The molecule has 0 fully saturated rings. The summed E-state index contributed by atoms with van der Waals surface area (Å²) in [7, 11) is 0. The average molecular weight is 2110 g/mol. The normalized spacial score (nSPS) is 3.02. The van der Waals surface area contributed by atoms with Crippen molar-refractivity contribution >= 4 is 13.6 Å². The van der Waals surface area contributed by atoms with Crippen LogP contribution in [0.5, 0.6) is 0 Å². The molecule has 0 amide bonds. The van der Waals surface area contributed by atoms with E-state index in [-0.39, 0.29) is 357 Å². The van der Waals surface area contributed by atoms with Gasteiger partial charge in [0.2, 0.25) is 0 Å². The molecule has 0 atom stereocenters. The van der Waals surface area contributed by atoms with Crippen LogP contribution in [0.3, 0.4) is 0 Å². The van der Waals surface area contributed by atoms with Gasteiger partial charge in [0.05, 0.1) is 13.2 Å². The molecule has 0 aliphatic heterocycles. The van der Waals surface area contributed by atoms with Crippen LogP contribution in [0.15, 0.2) is 26.3 Å². The molecule has 8 nitrogen and oxygen atoms in total. The minimum Gasteiger partial charge on any atom is -0.396 e. The van der Waals surface area contributed by atoms with Crippen LogP contribution in [-0.2, 0) is 82.6 Å². The molecule has 61 heavy (non-hydrogen) atoms. The summed E-state index contributed by atoms with van der Waals surface area (Å²) in [5.74, 6) is 0. The van der Waals surface area contributed by atoms with Crippen LogP contribution >= 0.6 is 0 Å². The molecule has 0 unspecified atom stereocenters. The molecule has 422 valence electrons. The summed E-state index contributed by atoms with van der Waals surface area (Å²) in [6, 6.07) is 0. The van der Waals surface area contributed by atoms with Crippen molar-refractivity contribution in [2.24, 2.45) is 0 Å². The van der Waals surface area contributed by atoms with Gasteiger partial charge < -0.3 is 42.1 Å². The van der Waals surface area contributed by atoms with E-state index >= 15 is 0 Å². The van der Waals surface area contributed by atoms with Crippen molar-refractivity contribution in [1.82, 2.24) is 0 Å². The summed E-state index contributed by atoms with van der Waals surface area (Å²) in [6.45, 7) is 25.5. The predicted octanol–water partition coefficient (Wildman–Crippen LogP) is 21.2. The standard InChI is InChI=1S/2C4H10O.2C3H8O2.2C2H4.2CH2O.24CH4.3CH3.3U.3W/c2*1-2-3-4-5;2*1-2-3-5-4;4*1-2;;;;;;;;;;;;;;;;;;;;;;;;;;;;;;;;;/h2*5H,2-4H2,1H3;2*4H,2-3H2,1H3;2*1-2H2;2*1H2;24*1H4;3*1H3;;;;;;/q;;;;;;;;;;;;;;;;;;;;;;;;;;;;;;;;3*-1;;;;;;. The third-order valence-corrected chi connectivity index (χ3v) is 1.61. The molecule has 0 spiro atoms. The van der Waals surface area contributed by atoms with Crippen molar-refractivity contribution in [3.8, 4) is 0 Å². The number of carbonyl (C=O) groups is 2. The summed E-state index contributed by atoms with van der Waals surface area (Å²) < 4.78 is 0. The van der Waals surface area contributed by atoms with Gasteiger partial charge in [-0.05, 0) is 25.7 Å². The van der Waals surface area contributed by atoms with Crippen LogP contribution in [0, 0.1) is 116 Å². The summed E-state index contributed by atoms with van der Waals surface area (Å²) >= 11 is 0. The van der Waals surface area contributed by atoms with Gasteiger partial charge in [-0.2, -0.15) is 0 Å². The molecule has 0 aliphatic carbocycles. The first kappa shape index (κ1) is 466. The first-order chi connectivity index (χ1) is 13.7. The van der Waals surface area contributed by atoms with Gasteiger partial charge >= 0.3 is 0 Å². The summed E-state index contributed by atoms with van der Waals surface area (Å²) in [6.07, 6.45) is 5.82. The van der Waals surface area contributed by atoms with Crippen molar-refractivity contribution in [1.29, 1.82) is 0 Å². The topological polar surface area (TPSA) is 134 Å². The van der Waals surface area contributed by atoms with E-state index in [1.54, 1.807) is 0 Å². The Balaban J connectivity index is -0.00000000181. The molecule has 0 radical (unpaired) electrons.